The molecule has 132 valence electrons. The molecule has 9 heteroatoms. The number of nitrogens with two attached hydrogens (primary N) is 1. The first kappa shape index (κ1) is 18.0. The van der Waals surface area contributed by atoms with Crippen molar-refractivity contribution in [2.45, 2.75) is 19.8 Å². The number of carbonyl (C=O) groups excluding carboxylic acids is 3. The van der Waals surface area contributed by atoms with Gasteiger partial charge in [0, 0.05) is 30.0 Å². The molecule has 9 nitrogen and oxygen atoms in total. The lowest BCUT2D eigenvalue weighted by Crippen LogP contribution is -2.31. The van der Waals surface area contributed by atoms with E-state index in [1.165, 1.54) is 6.33 Å². The summed E-state index contributed by atoms with van der Waals surface area (Å²) in [5.41, 5.74) is 7.10. The van der Waals surface area contributed by atoms with Gasteiger partial charge in [-0.15, -0.1) is 0 Å². The van der Waals surface area contributed by atoms with Crippen LogP contribution in [0.2, 0.25) is 0 Å². The molecular formula is C16H20N6O3. The number of amides is 4. The van der Waals surface area contributed by atoms with Crippen LogP contribution in [0.1, 0.15) is 29.5 Å². The van der Waals surface area contributed by atoms with E-state index in [0.717, 1.165) is 5.69 Å². The first-order valence-corrected chi connectivity index (χ1v) is 7.76. The fourth-order valence-electron chi connectivity index (χ4n) is 2.13. The summed E-state index contributed by atoms with van der Waals surface area (Å²) in [5.74, 6) is -0.823. The zero-order valence-electron chi connectivity index (χ0n) is 13.8. The number of anilines is 2. The van der Waals surface area contributed by atoms with Gasteiger partial charge in [-0.25, -0.2) is 9.78 Å². The fourth-order valence-corrected chi connectivity index (χ4v) is 2.13. The Hall–Kier alpha value is -3.36. The number of aromatic amines is 1. The van der Waals surface area contributed by atoms with E-state index >= 15 is 0 Å². The Morgan fingerprint density at radius 2 is 1.92 bits per heavy atom. The van der Waals surface area contributed by atoms with Gasteiger partial charge in [-0.2, -0.15) is 0 Å². The van der Waals surface area contributed by atoms with Gasteiger partial charge in [0.15, 0.2) is 0 Å². The van der Waals surface area contributed by atoms with Crippen LogP contribution in [0, 0.1) is 0 Å². The highest BCUT2D eigenvalue weighted by atomic mass is 16.2. The quantitative estimate of drug-likeness (QED) is 0.514. The second kappa shape index (κ2) is 8.48. The first-order valence-electron chi connectivity index (χ1n) is 7.76. The number of primary amides is 1. The average Bonchev–Trinajstić information content (AvgIpc) is 3.03. The van der Waals surface area contributed by atoms with E-state index < -0.39 is 11.9 Å². The minimum atomic E-state index is -0.491. The van der Waals surface area contributed by atoms with E-state index in [0.29, 0.717) is 23.5 Å². The molecule has 2 rings (SSSR count). The number of aryl methyl sites for hydroxylation is 1. The smallest absolute Gasteiger partial charge is 0.319 e. The van der Waals surface area contributed by atoms with Crippen LogP contribution in [0.5, 0.6) is 0 Å². The maximum atomic E-state index is 12.3. The molecule has 4 amide bonds. The molecule has 0 fully saturated rings. The predicted octanol–water partition coefficient (Wildman–Crippen LogP) is 1.22. The fraction of sp³-hybridized carbons (Fsp3) is 0.250. The average molecular weight is 344 g/mol. The van der Waals surface area contributed by atoms with Crippen LogP contribution in [-0.2, 0) is 11.2 Å². The third kappa shape index (κ3) is 5.34. The summed E-state index contributed by atoms with van der Waals surface area (Å²) in [7, 11) is 0. The molecule has 0 radical (unpaired) electrons. The molecule has 0 aliphatic rings. The number of carbonyl (C=O) groups is 3. The number of hydrogen-bond acceptors (Lipinski definition) is 4. The zero-order valence-corrected chi connectivity index (χ0v) is 13.8. The van der Waals surface area contributed by atoms with Gasteiger partial charge < -0.3 is 26.7 Å². The maximum absolute atomic E-state index is 12.3. The summed E-state index contributed by atoms with van der Waals surface area (Å²) in [5, 5.41) is 7.86. The molecule has 6 N–H and O–H groups in total. The van der Waals surface area contributed by atoms with Crippen molar-refractivity contribution >= 4 is 29.2 Å². The number of nitrogens with one attached hydrogen (secondary N) is 4. The second-order valence-electron chi connectivity index (χ2n) is 5.22. The lowest BCUT2D eigenvalue weighted by atomic mass is 10.2. The summed E-state index contributed by atoms with van der Waals surface area (Å²) >= 11 is 0. The van der Waals surface area contributed by atoms with Gasteiger partial charge >= 0.3 is 6.03 Å². The molecule has 0 saturated heterocycles. The van der Waals surface area contributed by atoms with Crippen molar-refractivity contribution in [3.05, 3.63) is 42.0 Å². The SMILES string of the molecule is CCc1[nH]cnc1C(=O)Nc1cccc(NC(=O)NCCC(N)=O)c1. The minimum Gasteiger partial charge on any atom is -0.370 e. The van der Waals surface area contributed by atoms with Crippen LogP contribution in [-0.4, -0.2) is 34.4 Å². The lowest BCUT2D eigenvalue weighted by Gasteiger charge is -2.09. The Labute approximate surface area is 144 Å². The Morgan fingerprint density at radius 1 is 1.20 bits per heavy atom. The summed E-state index contributed by atoms with van der Waals surface area (Å²) in [6, 6.07) is 6.22. The van der Waals surface area contributed by atoms with Crippen molar-refractivity contribution in [2.24, 2.45) is 5.73 Å². The molecule has 0 atom stereocenters. The second-order valence-corrected chi connectivity index (χ2v) is 5.22. The normalized spacial score (nSPS) is 10.1. The molecule has 2 aromatic rings. The molecular weight excluding hydrogens is 324 g/mol. The summed E-state index contributed by atoms with van der Waals surface area (Å²) in [6.07, 6.45) is 2.20. The number of urea groups is 1. The maximum Gasteiger partial charge on any atom is 0.319 e. The van der Waals surface area contributed by atoms with Crippen LogP contribution in [0.15, 0.2) is 30.6 Å². The highest BCUT2D eigenvalue weighted by Crippen LogP contribution is 2.16. The topological polar surface area (TPSA) is 142 Å². The van der Waals surface area contributed by atoms with Crippen LogP contribution in [0.4, 0.5) is 16.2 Å². The molecule has 0 aliphatic heterocycles. The molecule has 0 aliphatic carbocycles. The summed E-state index contributed by atoms with van der Waals surface area (Å²) in [6.45, 7) is 2.07. The Bertz CT molecular complexity index is 771. The monoisotopic (exact) mass is 344 g/mol. The van der Waals surface area contributed by atoms with E-state index in [-0.39, 0.29) is 18.9 Å². The van der Waals surface area contributed by atoms with Crippen molar-refractivity contribution in [2.75, 3.05) is 17.2 Å². The van der Waals surface area contributed by atoms with E-state index in [1.54, 1.807) is 24.3 Å². The van der Waals surface area contributed by atoms with Gasteiger partial charge in [-0.1, -0.05) is 13.0 Å². The van der Waals surface area contributed by atoms with Crippen molar-refractivity contribution in [3.8, 4) is 0 Å². The largest absolute Gasteiger partial charge is 0.370 e. The van der Waals surface area contributed by atoms with Crippen LogP contribution >= 0.6 is 0 Å². The zero-order chi connectivity index (χ0) is 18.2. The molecule has 0 bridgehead atoms. The molecule has 1 heterocycles. The number of aromatic nitrogens is 2. The standard InChI is InChI=1S/C16H20N6O3/c1-2-12-14(20-9-19-12)15(24)21-10-4-3-5-11(8-10)22-16(25)18-7-6-13(17)23/h3-5,8-9H,2,6-7H2,1H3,(H2,17,23)(H,19,20)(H,21,24)(H2,18,22,25). The third-order valence-electron chi connectivity index (χ3n) is 3.32. The van der Waals surface area contributed by atoms with Gasteiger partial charge in [0.25, 0.3) is 5.91 Å². The van der Waals surface area contributed by atoms with Crippen molar-refractivity contribution in [1.29, 1.82) is 0 Å². The van der Waals surface area contributed by atoms with E-state index in [1.807, 2.05) is 6.92 Å². The molecule has 0 spiro atoms. The lowest BCUT2D eigenvalue weighted by molar-refractivity contribution is -0.117. The van der Waals surface area contributed by atoms with Crippen molar-refractivity contribution in [1.82, 2.24) is 15.3 Å². The van der Waals surface area contributed by atoms with Crippen LogP contribution in [0.3, 0.4) is 0 Å². The number of H-pyrrole nitrogens is 1. The van der Waals surface area contributed by atoms with Crippen molar-refractivity contribution in [3.63, 3.8) is 0 Å². The van der Waals surface area contributed by atoms with Crippen LogP contribution < -0.4 is 21.7 Å². The molecule has 0 unspecified atom stereocenters. The number of imidazole rings is 1. The van der Waals surface area contributed by atoms with Gasteiger partial charge in [0.1, 0.15) is 5.69 Å². The minimum absolute atomic E-state index is 0.0624. The summed E-state index contributed by atoms with van der Waals surface area (Å²) in [4.78, 5) is 41.5. The third-order valence-corrected chi connectivity index (χ3v) is 3.32. The Morgan fingerprint density at radius 3 is 2.60 bits per heavy atom. The molecule has 1 aromatic heterocycles. The molecule has 25 heavy (non-hydrogen) atoms. The predicted molar refractivity (Wildman–Crippen MR) is 93.2 cm³/mol. The number of nitrogens with zero attached hydrogens (tertiary/aromatic N) is 1. The number of rotatable bonds is 7. The Balaban J connectivity index is 1.95. The van der Waals surface area contributed by atoms with Gasteiger partial charge in [0.05, 0.1) is 6.33 Å². The van der Waals surface area contributed by atoms with Crippen molar-refractivity contribution < 1.29 is 14.4 Å². The van der Waals surface area contributed by atoms with Gasteiger partial charge in [0.2, 0.25) is 5.91 Å². The molecule has 0 saturated carbocycles. The summed E-state index contributed by atoms with van der Waals surface area (Å²) < 4.78 is 0. The van der Waals surface area contributed by atoms with E-state index in [2.05, 4.69) is 25.9 Å². The highest BCUT2D eigenvalue weighted by molar-refractivity contribution is 6.04. The number of benzene rings is 1. The molecule has 1 aromatic carbocycles. The van der Waals surface area contributed by atoms with Gasteiger partial charge in [-0.05, 0) is 24.6 Å². The Kier molecular flexibility index (Phi) is 6.10. The van der Waals surface area contributed by atoms with Crippen LogP contribution in [0.25, 0.3) is 0 Å². The first-order chi connectivity index (χ1) is 12.0. The van der Waals surface area contributed by atoms with Gasteiger partial charge in [-0.3, -0.25) is 9.59 Å². The van der Waals surface area contributed by atoms with E-state index in [4.69, 9.17) is 5.73 Å². The van der Waals surface area contributed by atoms with E-state index in [9.17, 15) is 14.4 Å². The number of hydrogen-bond donors (Lipinski definition) is 5. The highest BCUT2D eigenvalue weighted by Gasteiger charge is 2.13.